The highest BCUT2D eigenvalue weighted by atomic mass is 32.2. The van der Waals surface area contributed by atoms with Gasteiger partial charge in [0.15, 0.2) is 5.17 Å². The molecule has 3 heterocycles. The van der Waals surface area contributed by atoms with Gasteiger partial charge in [0.1, 0.15) is 6.61 Å². The van der Waals surface area contributed by atoms with Crippen LogP contribution in [0.15, 0.2) is 75.9 Å². The van der Waals surface area contributed by atoms with E-state index in [-0.39, 0.29) is 30.8 Å². The molecule has 1 fully saturated rings. The van der Waals surface area contributed by atoms with E-state index < -0.39 is 12.0 Å². The number of carbonyl (C=O) groups excluding carboxylic acids is 3. The molecule has 220 valence electrons. The van der Waals surface area contributed by atoms with Crippen LogP contribution in [0.2, 0.25) is 0 Å². The number of likely N-dealkylation sites (tertiary alicyclic amines) is 1. The zero-order valence-electron chi connectivity index (χ0n) is 24.6. The molecule has 42 heavy (non-hydrogen) atoms. The maximum Gasteiger partial charge on any atom is 0.338 e. The molecule has 0 N–H and O–H groups in total. The van der Waals surface area contributed by atoms with E-state index >= 15 is 0 Å². The number of aryl methyl sites for hydroxylation is 2. The third-order valence-electron chi connectivity index (χ3n) is 7.96. The molecule has 1 saturated heterocycles. The van der Waals surface area contributed by atoms with Gasteiger partial charge in [-0.15, -0.1) is 0 Å². The van der Waals surface area contributed by atoms with Crippen molar-refractivity contribution in [2.24, 2.45) is 10.9 Å². The van der Waals surface area contributed by atoms with Crippen LogP contribution in [0.25, 0.3) is 0 Å². The van der Waals surface area contributed by atoms with Gasteiger partial charge in [-0.1, -0.05) is 65.9 Å². The number of allylic oxidation sites excluding steroid dienone is 1. The lowest BCUT2D eigenvalue weighted by atomic mass is 9.90. The van der Waals surface area contributed by atoms with Crippen LogP contribution in [-0.2, 0) is 30.5 Å². The first-order chi connectivity index (χ1) is 20.3. The smallest absolute Gasteiger partial charge is 0.338 e. The second-order valence-corrected chi connectivity index (χ2v) is 11.7. The van der Waals surface area contributed by atoms with E-state index in [9.17, 15) is 14.4 Å². The molecule has 1 atom stereocenters. The Bertz CT molecular complexity index is 1460. The minimum absolute atomic E-state index is 0.00963. The molecule has 3 aliphatic heterocycles. The summed E-state index contributed by atoms with van der Waals surface area (Å²) in [7, 11) is 0. The summed E-state index contributed by atoms with van der Waals surface area (Å²) in [6.45, 7) is 9.26. The van der Waals surface area contributed by atoms with Gasteiger partial charge in [-0.05, 0) is 62.6 Å². The number of benzene rings is 2. The lowest BCUT2D eigenvalue weighted by molar-refractivity contribution is -0.151. The summed E-state index contributed by atoms with van der Waals surface area (Å²) in [5.41, 5.74) is 5.87. The van der Waals surface area contributed by atoms with Crippen LogP contribution >= 0.6 is 11.8 Å². The average molecular weight is 588 g/mol. The molecule has 0 spiro atoms. The SMILES string of the molecule is CCOC(=O)C1CCN(C(=O)CC2=CSC3=NC(C)=C(C(=O)OCc4ccccc4)[C@@H](c4cc(C)ccc4C)N23)CC1. The first-order valence-corrected chi connectivity index (χ1v) is 15.3. The predicted octanol–water partition coefficient (Wildman–Crippen LogP) is 5.81. The van der Waals surface area contributed by atoms with Crippen LogP contribution in [-0.4, -0.2) is 52.5 Å². The van der Waals surface area contributed by atoms with Gasteiger partial charge >= 0.3 is 11.9 Å². The van der Waals surface area contributed by atoms with E-state index in [0.29, 0.717) is 43.8 Å². The number of hydrogen-bond acceptors (Lipinski definition) is 8. The molecular formula is C33H37N3O5S. The molecule has 0 aromatic heterocycles. The zero-order chi connectivity index (χ0) is 29.8. The van der Waals surface area contributed by atoms with Gasteiger partial charge in [0.2, 0.25) is 5.91 Å². The van der Waals surface area contributed by atoms with Crippen LogP contribution < -0.4 is 0 Å². The van der Waals surface area contributed by atoms with E-state index in [1.807, 2.05) is 66.3 Å². The van der Waals surface area contributed by atoms with Gasteiger partial charge in [-0.2, -0.15) is 0 Å². The van der Waals surface area contributed by atoms with Gasteiger partial charge < -0.3 is 19.3 Å². The standard InChI is InChI=1S/C33H37N3O5S/c1-5-40-31(38)25-13-15-35(16-14-25)28(37)18-26-20-42-33-34-23(4)29(32(39)41-19-24-9-7-6-8-10-24)30(36(26)33)27-17-21(2)11-12-22(27)3/h6-12,17,20,25,30H,5,13-16,18-19H2,1-4H3/t30-/m1/s1. The van der Waals surface area contributed by atoms with Crippen LogP contribution in [0, 0.1) is 19.8 Å². The molecule has 2 aromatic carbocycles. The van der Waals surface area contributed by atoms with Crippen molar-refractivity contribution < 1.29 is 23.9 Å². The van der Waals surface area contributed by atoms with Gasteiger partial charge in [0, 0.05) is 18.8 Å². The number of thioether (sulfide) groups is 1. The predicted molar refractivity (Wildman–Crippen MR) is 163 cm³/mol. The van der Waals surface area contributed by atoms with Crippen molar-refractivity contribution in [2.75, 3.05) is 19.7 Å². The average Bonchev–Trinajstić information content (AvgIpc) is 3.38. The molecule has 0 saturated carbocycles. The monoisotopic (exact) mass is 587 g/mol. The molecule has 3 aliphatic rings. The molecular weight excluding hydrogens is 550 g/mol. The maximum atomic E-state index is 13.7. The highest BCUT2D eigenvalue weighted by molar-refractivity contribution is 8.16. The number of aliphatic imine (C=N–C) groups is 1. The number of ether oxygens (including phenoxy) is 2. The molecule has 1 amide bonds. The van der Waals surface area contributed by atoms with Crippen LogP contribution in [0.1, 0.15) is 61.4 Å². The fourth-order valence-corrected chi connectivity index (χ4v) is 6.64. The molecule has 0 unspecified atom stereocenters. The fourth-order valence-electron chi connectivity index (χ4n) is 5.67. The molecule has 0 radical (unpaired) electrons. The Balaban J connectivity index is 1.39. The Kier molecular flexibility index (Phi) is 9.16. The van der Waals surface area contributed by atoms with Crippen LogP contribution in [0.3, 0.4) is 0 Å². The minimum Gasteiger partial charge on any atom is -0.466 e. The summed E-state index contributed by atoms with van der Waals surface area (Å²) in [5.74, 6) is -0.778. The highest BCUT2D eigenvalue weighted by Crippen LogP contribution is 2.46. The normalized spacial score (nSPS) is 18.8. The number of amidine groups is 1. The zero-order valence-corrected chi connectivity index (χ0v) is 25.4. The number of piperidine rings is 1. The van der Waals surface area contributed by atoms with Gasteiger partial charge in [0.25, 0.3) is 0 Å². The number of hydrogen-bond donors (Lipinski definition) is 0. The topological polar surface area (TPSA) is 88.5 Å². The third-order valence-corrected chi connectivity index (χ3v) is 8.85. The van der Waals surface area contributed by atoms with Crippen LogP contribution in [0.5, 0.6) is 0 Å². The van der Waals surface area contributed by atoms with E-state index in [2.05, 4.69) is 18.2 Å². The second kappa shape index (κ2) is 13.0. The summed E-state index contributed by atoms with van der Waals surface area (Å²) in [6.07, 6.45) is 1.36. The Hall–Kier alpha value is -3.85. The van der Waals surface area contributed by atoms with Crippen molar-refractivity contribution >= 4 is 34.8 Å². The molecule has 0 bridgehead atoms. The Morgan fingerprint density at radius 3 is 2.45 bits per heavy atom. The Labute approximate surface area is 251 Å². The molecule has 8 nitrogen and oxygen atoms in total. The Morgan fingerprint density at radius 1 is 1.00 bits per heavy atom. The highest BCUT2D eigenvalue weighted by Gasteiger charge is 2.42. The van der Waals surface area contributed by atoms with Crippen molar-refractivity contribution in [3.8, 4) is 0 Å². The first kappa shape index (κ1) is 29.6. The summed E-state index contributed by atoms with van der Waals surface area (Å²) in [5, 5.41) is 2.70. The van der Waals surface area contributed by atoms with Gasteiger partial charge in [-0.3, -0.25) is 9.59 Å². The quantitative estimate of drug-likeness (QED) is 0.360. The van der Waals surface area contributed by atoms with Crippen LogP contribution in [0.4, 0.5) is 0 Å². The maximum absolute atomic E-state index is 13.7. The van der Waals surface area contributed by atoms with Gasteiger partial charge in [-0.25, -0.2) is 9.79 Å². The lowest BCUT2D eigenvalue weighted by Gasteiger charge is -2.38. The second-order valence-electron chi connectivity index (χ2n) is 10.9. The Morgan fingerprint density at radius 2 is 1.74 bits per heavy atom. The summed E-state index contributed by atoms with van der Waals surface area (Å²) >= 11 is 1.46. The summed E-state index contributed by atoms with van der Waals surface area (Å²) in [4.78, 5) is 48.1. The molecule has 5 rings (SSSR count). The summed E-state index contributed by atoms with van der Waals surface area (Å²) < 4.78 is 11.0. The van der Waals surface area contributed by atoms with Crippen molar-refractivity contribution in [1.29, 1.82) is 0 Å². The van der Waals surface area contributed by atoms with Crippen molar-refractivity contribution in [3.63, 3.8) is 0 Å². The van der Waals surface area contributed by atoms with E-state index in [1.54, 1.807) is 6.92 Å². The fraction of sp³-hybridized carbons (Fsp3) is 0.394. The largest absolute Gasteiger partial charge is 0.466 e. The van der Waals surface area contributed by atoms with E-state index in [1.165, 1.54) is 11.8 Å². The summed E-state index contributed by atoms with van der Waals surface area (Å²) in [6, 6.07) is 15.3. The van der Waals surface area contributed by atoms with E-state index in [4.69, 9.17) is 14.5 Å². The number of nitrogens with zero attached hydrogens (tertiary/aromatic N) is 3. The molecule has 2 aromatic rings. The number of amides is 1. The molecule has 9 heteroatoms. The third kappa shape index (κ3) is 6.31. The number of rotatable bonds is 8. The first-order valence-electron chi connectivity index (χ1n) is 14.4. The van der Waals surface area contributed by atoms with E-state index in [0.717, 1.165) is 33.1 Å². The van der Waals surface area contributed by atoms with Gasteiger partial charge in [0.05, 0.1) is 36.3 Å². The minimum atomic E-state index is -0.482. The lowest BCUT2D eigenvalue weighted by Crippen LogP contribution is -2.42. The van der Waals surface area contributed by atoms with Crippen molar-refractivity contribution in [1.82, 2.24) is 9.80 Å². The van der Waals surface area contributed by atoms with Crippen molar-refractivity contribution in [3.05, 3.63) is 93.2 Å². The molecule has 0 aliphatic carbocycles. The number of esters is 2. The number of fused-ring (bicyclic) bond motifs is 1. The van der Waals surface area contributed by atoms with Crippen molar-refractivity contribution in [2.45, 2.75) is 59.6 Å². The number of carbonyl (C=O) groups is 3.